The van der Waals surface area contributed by atoms with Crippen molar-refractivity contribution in [3.05, 3.63) is 83.4 Å². The molecule has 4 N–H and O–H groups in total. The Kier molecular flexibility index (Phi) is 6.49. The zero-order valence-corrected chi connectivity index (χ0v) is 17.3. The summed E-state index contributed by atoms with van der Waals surface area (Å²) in [5.74, 6) is -4.07. The zero-order valence-electron chi connectivity index (χ0n) is 17.3. The first-order valence-corrected chi connectivity index (χ1v) is 9.74. The Hall–Kier alpha value is -4.26. The van der Waals surface area contributed by atoms with Crippen LogP contribution in [0.15, 0.2) is 61.2 Å². The maximum absolute atomic E-state index is 13.4. The maximum Gasteiger partial charge on any atom is 0.330 e. The van der Waals surface area contributed by atoms with Crippen molar-refractivity contribution in [1.29, 1.82) is 0 Å². The number of phenolic OH excluding ortho intramolecular Hbond substituents is 4. The van der Waals surface area contributed by atoms with Gasteiger partial charge in [0, 0.05) is 23.6 Å². The Balaban J connectivity index is 2.29. The number of ether oxygens (including phenoxy) is 1. The standard InChI is InChI=1S/C25H22O7/c1-3-19(27)32-12-11-17-20(15-8-6-7-14(2)13-15)21(24(30)25(31)23(17)29)22(28)16-9-4-5-10-18(16)26/h3-10,13,26,29-31H,1,11-12H2,2H3. The van der Waals surface area contributed by atoms with Gasteiger partial charge in [0.05, 0.1) is 17.7 Å². The summed E-state index contributed by atoms with van der Waals surface area (Å²) in [5, 5.41) is 41.8. The number of esters is 1. The molecule has 0 spiro atoms. The second-order valence-corrected chi connectivity index (χ2v) is 7.11. The molecule has 32 heavy (non-hydrogen) atoms. The third kappa shape index (κ3) is 4.27. The fraction of sp³-hybridized carbons (Fsp3) is 0.120. The number of hydrogen-bond acceptors (Lipinski definition) is 7. The predicted molar refractivity (Wildman–Crippen MR) is 118 cm³/mol. The monoisotopic (exact) mass is 434 g/mol. The number of rotatable bonds is 7. The molecule has 0 fully saturated rings. The predicted octanol–water partition coefficient (Wildman–Crippen LogP) is 3.99. The molecular formula is C25H22O7. The Bertz CT molecular complexity index is 1210. The van der Waals surface area contributed by atoms with E-state index in [0.717, 1.165) is 11.6 Å². The van der Waals surface area contributed by atoms with Crippen molar-refractivity contribution in [2.24, 2.45) is 0 Å². The minimum atomic E-state index is -0.884. The summed E-state index contributed by atoms with van der Waals surface area (Å²) in [6.45, 7) is 4.98. The van der Waals surface area contributed by atoms with Crippen molar-refractivity contribution in [3.8, 4) is 34.1 Å². The van der Waals surface area contributed by atoms with Crippen LogP contribution in [-0.4, -0.2) is 38.8 Å². The summed E-state index contributed by atoms with van der Waals surface area (Å²) in [7, 11) is 0. The molecule has 0 aliphatic rings. The molecule has 0 heterocycles. The highest BCUT2D eigenvalue weighted by Gasteiger charge is 2.30. The second-order valence-electron chi connectivity index (χ2n) is 7.11. The summed E-state index contributed by atoms with van der Waals surface area (Å²) >= 11 is 0. The lowest BCUT2D eigenvalue weighted by Crippen LogP contribution is -2.10. The van der Waals surface area contributed by atoms with Crippen molar-refractivity contribution < 1.29 is 34.8 Å². The average Bonchev–Trinajstić information content (AvgIpc) is 2.78. The highest BCUT2D eigenvalue weighted by atomic mass is 16.5. The minimum Gasteiger partial charge on any atom is -0.507 e. The molecule has 0 aliphatic carbocycles. The van der Waals surface area contributed by atoms with E-state index in [1.807, 2.05) is 13.0 Å². The summed E-state index contributed by atoms with van der Waals surface area (Å²) in [6, 6.07) is 12.8. The molecular weight excluding hydrogens is 412 g/mol. The van der Waals surface area contributed by atoms with Gasteiger partial charge in [0.15, 0.2) is 11.5 Å². The molecule has 0 atom stereocenters. The molecule has 0 saturated carbocycles. The second kappa shape index (κ2) is 9.26. The largest absolute Gasteiger partial charge is 0.507 e. The number of aromatic hydroxyl groups is 4. The molecule has 3 aromatic carbocycles. The van der Waals surface area contributed by atoms with Crippen LogP contribution in [-0.2, 0) is 16.0 Å². The van der Waals surface area contributed by atoms with Gasteiger partial charge in [-0.2, -0.15) is 0 Å². The molecule has 7 heteroatoms. The Morgan fingerprint density at radius 1 is 0.969 bits per heavy atom. The Morgan fingerprint density at radius 3 is 2.34 bits per heavy atom. The molecule has 0 radical (unpaired) electrons. The van der Waals surface area contributed by atoms with Crippen molar-refractivity contribution in [2.45, 2.75) is 13.3 Å². The summed E-state index contributed by atoms with van der Waals surface area (Å²) < 4.78 is 5.00. The van der Waals surface area contributed by atoms with E-state index in [1.165, 1.54) is 12.1 Å². The van der Waals surface area contributed by atoms with Crippen LogP contribution in [0.3, 0.4) is 0 Å². The molecule has 3 rings (SSSR count). The van der Waals surface area contributed by atoms with E-state index in [1.54, 1.807) is 30.3 Å². The number of benzene rings is 3. The van der Waals surface area contributed by atoms with Gasteiger partial charge in [-0.1, -0.05) is 48.5 Å². The van der Waals surface area contributed by atoms with Crippen LogP contribution in [0.25, 0.3) is 11.1 Å². The minimum absolute atomic E-state index is 0.0659. The van der Waals surface area contributed by atoms with Gasteiger partial charge in [0.25, 0.3) is 0 Å². The molecule has 0 amide bonds. The first-order chi connectivity index (χ1) is 15.3. The Labute approximate surface area is 184 Å². The fourth-order valence-electron chi connectivity index (χ4n) is 3.46. The zero-order chi connectivity index (χ0) is 23.4. The third-order valence-corrected chi connectivity index (χ3v) is 4.97. The number of carbonyl (C=O) groups excluding carboxylic acids is 2. The van der Waals surface area contributed by atoms with Crippen molar-refractivity contribution in [3.63, 3.8) is 0 Å². The van der Waals surface area contributed by atoms with E-state index in [-0.39, 0.29) is 41.0 Å². The lowest BCUT2D eigenvalue weighted by molar-refractivity contribution is -0.137. The van der Waals surface area contributed by atoms with Gasteiger partial charge in [-0.15, -0.1) is 0 Å². The van der Waals surface area contributed by atoms with Gasteiger partial charge in [-0.25, -0.2) is 4.79 Å². The molecule has 164 valence electrons. The quantitative estimate of drug-likeness (QED) is 0.192. The average molecular weight is 434 g/mol. The van der Waals surface area contributed by atoms with E-state index < -0.39 is 29.0 Å². The van der Waals surface area contributed by atoms with Crippen LogP contribution in [0.5, 0.6) is 23.0 Å². The third-order valence-electron chi connectivity index (χ3n) is 4.97. The lowest BCUT2D eigenvalue weighted by Gasteiger charge is -2.20. The van der Waals surface area contributed by atoms with Gasteiger partial charge < -0.3 is 25.2 Å². The van der Waals surface area contributed by atoms with Crippen LogP contribution in [0.2, 0.25) is 0 Å². The van der Waals surface area contributed by atoms with E-state index in [4.69, 9.17) is 4.74 Å². The number of phenols is 4. The van der Waals surface area contributed by atoms with E-state index >= 15 is 0 Å². The van der Waals surface area contributed by atoms with Gasteiger partial charge in [0.1, 0.15) is 5.75 Å². The van der Waals surface area contributed by atoms with Gasteiger partial charge in [0.2, 0.25) is 11.5 Å². The summed E-state index contributed by atoms with van der Waals surface area (Å²) in [6.07, 6.45) is 0.923. The van der Waals surface area contributed by atoms with E-state index in [0.29, 0.717) is 5.56 Å². The molecule has 0 aromatic heterocycles. The maximum atomic E-state index is 13.4. The molecule has 0 saturated heterocycles. The van der Waals surface area contributed by atoms with E-state index in [2.05, 4.69) is 6.58 Å². The van der Waals surface area contributed by atoms with Gasteiger partial charge in [-0.3, -0.25) is 4.79 Å². The van der Waals surface area contributed by atoms with Gasteiger partial charge in [-0.05, 0) is 24.6 Å². The Morgan fingerprint density at radius 2 is 1.69 bits per heavy atom. The van der Waals surface area contributed by atoms with Crippen molar-refractivity contribution in [2.75, 3.05) is 6.61 Å². The normalized spacial score (nSPS) is 10.5. The number of carbonyl (C=O) groups is 2. The number of para-hydroxylation sites is 1. The molecule has 0 aliphatic heterocycles. The highest BCUT2D eigenvalue weighted by molar-refractivity contribution is 6.17. The number of aryl methyl sites for hydroxylation is 1. The van der Waals surface area contributed by atoms with Gasteiger partial charge >= 0.3 is 5.97 Å². The van der Waals surface area contributed by atoms with Crippen LogP contribution in [0.1, 0.15) is 27.0 Å². The lowest BCUT2D eigenvalue weighted by atomic mass is 9.86. The molecule has 7 nitrogen and oxygen atoms in total. The molecule has 0 bridgehead atoms. The topological polar surface area (TPSA) is 124 Å². The molecule has 0 unspecified atom stereocenters. The summed E-state index contributed by atoms with van der Waals surface area (Å²) in [5.41, 5.74) is 1.20. The number of hydrogen-bond donors (Lipinski definition) is 4. The van der Waals surface area contributed by atoms with E-state index in [9.17, 15) is 30.0 Å². The van der Waals surface area contributed by atoms with Crippen LogP contribution < -0.4 is 0 Å². The molecule has 3 aromatic rings. The first kappa shape index (κ1) is 22.4. The van der Waals surface area contributed by atoms with Crippen LogP contribution >= 0.6 is 0 Å². The smallest absolute Gasteiger partial charge is 0.330 e. The highest BCUT2D eigenvalue weighted by Crippen LogP contribution is 2.48. The number of ketones is 1. The van der Waals surface area contributed by atoms with Crippen molar-refractivity contribution in [1.82, 2.24) is 0 Å². The summed E-state index contributed by atoms with van der Waals surface area (Å²) in [4.78, 5) is 24.8. The van der Waals surface area contributed by atoms with Crippen LogP contribution in [0.4, 0.5) is 0 Å². The fourth-order valence-corrected chi connectivity index (χ4v) is 3.46. The first-order valence-electron chi connectivity index (χ1n) is 9.74. The van der Waals surface area contributed by atoms with Crippen molar-refractivity contribution >= 4 is 11.8 Å². The van der Waals surface area contributed by atoms with Crippen LogP contribution in [0, 0.1) is 6.92 Å². The SMILES string of the molecule is C=CC(=O)OCCc1c(O)c(O)c(O)c(C(=O)c2ccccc2O)c1-c1cccc(C)c1.